The number of allylic oxidation sites excluding steroid dienone is 2. The Morgan fingerprint density at radius 2 is 1.48 bits per heavy atom. The number of imide groups is 1. The average molecular weight is 449 g/mol. The highest BCUT2D eigenvalue weighted by Crippen LogP contribution is 2.31. The van der Waals surface area contributed by atoms with Crippen LogP contribution in [0.1, 0.15) is 65.2 Å². The number of carbonyl (C=O) groups is 2. The third-order valence-corrected chi connectivity index (χ3v) is 5.37. The number of aromatic hydroxyl groups is 1. The molecule has 1 aromatic rings. The smallest absolute Gasteiger partial charge is 0.272 e. The van der Waals surface area contributed by atoms with E-state index in [1.54, 1.807) is 48.5 Å². The van der Waals surface area contributed by atoms with Gasteiger partial charge in [0.1, 0.15) is 23.3 Å². The highest BCUT2D eigenvalue weighted by molar-refractivity contribution is 6.18. The summed E-state index contributed by atoms with van der Waals surface area (Å²) in [6.45, 7) is 13.4. The van der Waals surface area contributed by atoms with Crippen LogP contribution in [0.2, 0.25) is 0 Å². The van der Waals surface area contributed by atoms with Crippen LogP contribution in [0.4, 0.5) is 0 Å². The highest BCUT2D eigenvalue weighted by Gasteiger charge is 2.41. The molecule has 1 aliphatic rings. The van der Waals surface area contributed by atoms with Crippen LogP contribution in [-0.2, 0) is 15.1 Å². The molecular weight excluding hydrogens is 420 g/mol. The van der Waals surface area contributed by atoms with Crippen molar-refractivity contribution < 1.29 is 14.7 Å². The Bertz CT molecular complexity index is 1280. The quantitative estimate of drug-likeness (QED) is 0.545. The number of hydrogen-bond acceptors (Lipinski definition) is 6. The number of hydrogen-bond donors (Lipinski definition) is 1. The summed E-state index contributed by atoms with van der Waals surface area (Å²) in [6.07, 6.45) is 4.44. The summed E-state index contributed by atoms with van der Waals surface area (Å²) in [4.78, 5) is 39.5. The Morgan fingerprint density at radius 3 is 1.94 bits per heavy atom. The standard InChI is InChI=1S/C25H28N4O4/c1-14-16(20(30)28(24(3,4)5)22(32)18(14)12-26)10-9-11-17-15(2)19(13-27)23(33)29(21(17)31)25(6,7)8/h9-11,30H,1-8H3/b10-9+,17-11+. The second kappa shape index (κ2) is 8.55. The molecule has 172 valence electrons. The van der Waals surface area contributed by atoms with Gasteiger partial charge in [0.2, 0.25) is 5.88 Å². The van der Waals surface area contributed by atoms with Crippen molar-refractivity contribution in [3.05, 3.63) is 55.9 Å². The third kappa shape index (κ3) is 4.38. The molecule has 1 aromatic heterocycles. The fourth-order valence-corrected chi connectivity index (χ4v) is 3.70. The summed E-state index contributed by atoms with van der Waals surface area (Å²) in [7, 11) is 0. The lowest BCUT2D eigenvalue weighted by molar-refractivity contribution is -0.145. The van der Waals surface area contributed by atoms with Gasteiger partial charge >= 0.3 is 0 Å². The van der Waals surface area contributed by atoms with Crippen molar-refractivity contribution >= 4 is 17.9 Å². The maximum atomic E-state index is 13.1. The van der Waals surface area contributed by atoms with Gasteiger partial charge in [-0.2, -0.15) is 10.5 Å². The average Bonchev–Trinajstić information content (AvgIpc) is 2.65. The van der Waals surface area contributed by atoms with Crippen LogP contribution in [0, 0.1) is 29.6 Å². The molecule has 0 atom stereocenters. The molecular formula is C25H28N4O4. The monoisotopic (exact) mass is 448 g/mol. The summed E-state index contributed by atoms with van der Waals surface area (Å²) in [5.74, 6) is -1.48. The molecule has 1 aliphatic heterocycles. The van der Waals surface area contributed by atoms with Crippen LogP contribution in [0.3, 0.4) is 0 Å². The molecule has 2 heterocycles. The Morgan fingerprint density at radius 1 is 0.909 bits per heavy atom. The van der Waals surface area contributed by atoms with Gasteiger partial charge in [-0.1, -0.05) is 6.08 Å². The number of carbonyl (C=O) groups excluding carboxylic acids is 2. The second-order valence-corrected chi connectivity index (χ2v) is 9.83. The van der Waals surface area contributed by atoms with Crippen molar-refractivity contribution in [3.63, 3.8) is 0 Å². The maximum absolute atomic E-state index is 13.1. The number of nitriles is 2. The van der Waals surface area contributed by atoms with E-state index in [0.29, 0.717) is 5.56 Å². The molecule has 0 aromatic carbocycles. The fourth-order valence-electron chi connectivity index (χ4n) is 3.70. The molecule has 33 heavy (non-hydrogen) atoms. The number of pyridine rings is 1. The molecule has 0 radical (unpaired) electrons. The van der Waals surface area contributed by atoms with E-state index in [2.05, 4.69) is 0 Å². The van der Waals surface area contributed by atoms with Gasteiger partial charge in [-0.15, -0.1) is 0 Å². The first kappa shape index (κ1) is 25.4. The van der Waals surface area contributed by atoms with E-state index in [9.17, 15) is 30.0 Å². The fraction of sp³-hybridized carbons (Fsp3) is 0.400. The van der Waals surface area contributed by atoms with Crippen LogP contribution in [0.15, 0.2) is 33.7 Å². The second-order valence-electron chi connectivity index (χ2n) is 9.83. The maximum Gasteiger partial charge on any atom is 0.272 e. The molecule has 0 unspecified atom stereocenters. The zero-order chi connectivity index (χ0) is 25.5. The molecule has 0 saturated carbocycles. The van der Waals surface area contributed by atoms with E-state index < -0.39 is 28.5 Å². The van der Waals surface area contributed by atoms with Crippen molar-refractivity contribution in [2.45, 2.75) is 66.5 Å². The Kier molecular flexibility index (Phi) is 6.57. The predicted molar refractivity (Wildman–Crippen MR) is 124 cm³/mol. The minimum atomic E-state index is -0.835. The lowest BCUT2D eigenvalue weighted by Crippen LogP contribution is -2.52. The summed E-state index contributed by atoms with van der Waals surface area (Å²) < 4.78 is 1.15. The third-order valence-electron chi connectivity index (χ3n) is 5.37. The number of amides is 2. The number of rotatable bonds is 2. The van der Waals surface area contributed by atoms with E-state index in [-0.39, 0.29) is 33.7 Å². The lowest BCUT2D eigenvalue weighted by Gasteiger charge is -2.37. The molecule has 0 fully saturated rings. The van der Waals surface area contributed by atoms with Crippen molar-refractivity contribution in [1.29, 1.82) is 10.5 Å². The molecule has 0 saturated heterocycles. The highest BCUT2D eigenvalue weighted by atomic mass is 16.3. The molecule has 8 heteroatoms. The van der Waals surface area contributed by atoms with E-state index in [1.807, 2.05) is 12.1 Å². The first-order valence-electron chi connectivity index (χ1n) is 10.4. The minimum absolute atomic E-state index is 0.0869. The predicted octanol–water partition coefficient (Wildman–Crippen LogP) is 3.44. The Balaban J connectivity index is 2.73. The van der Waals surface area contributed by atoms with Crippen LogP contribution in [-0.4, -0.2) is 31.9 Å². The van der Waals surface area contributed by atoms with Gasteiger partial charge in [0.05, 0.1) is 0 Å². The minimum Gasteiger partial charge on any atom is -0.494 e. The van der Waals surface area contributed by atoms with Crippen molar-refractivity contribution in [2.75, 3.05) is 0 Å². The van der Waals surface area contributed by atoms with Crippen molar-refractivity contribution in [1.82, 2.24) is 9.47 Å². The van der Waals surface area contributed by atoms with Gasteiger partial charge in [-0.3, -0.25) is 23.9 Å². The van der Waals surface area contributed by atoms with E-state index in [0.717, 1.165) is 9.47 Å². The van der Waals surface area contributed by atoms with Crippen LogP contribution in [0.25, 0.3) is 6.08 Å². The Labute approximate surface area is 193 Å². The summed E-state index contributed by atoms with van der Waals surface area (Å²) in [5.41, 5.74) is -1.42. The van der Waals surface area contributed by atoms with Gasteiger partial charge < -0.3 is 5.11 Å². The molecule has 8 nitrogen and oxygen atoms in total. The largest absolute Gasteiger partial charge is 0.494 e. The lowest BCUT2D eigenvalue weighted by atomic mass is 9.91. The van der Waals surface area contributed by atoms with Gasteiger partial charge in [0.15, 0.2) is 0 Å². The van der Waals surface area contributed by atoms with Crippen LogP contribution >= 0.6 is 0 Å². The van der Waals surface area contributed by atoms with E-state index >= 15 is 0 Å². The summed E-state index contributed by atoms with van der Waals surface area (Å²) >= 11 is 0. The van der Waals surface area contributed by atoms with Crippen molar-refractivity contribution in [3.8, 4) is 18.0 Å². The number of aromatic nitrogens is 1. The van der Waals surface area contributed by atoms with Gasteiger partial charge in [-0.25, -0.2) is 0 Å². The molecule has 0 spiro atoms. The number of nitrogens with zero attached hydrogens (tertiary/aromatic N) is 4. The van der Waals surface area contributed by atoms with Gasteiger partial charge in [-0.05, 0) is 78.7 Å². The Hall–Kier alpha value is -3.91. The zero-order valence-corrected chi connectivity index (χ0v) is 20.2. The SMILES string of the molecule is CC1=C(C#N)C(=O)N(C(C)(C)C)C(=O)/C1=C/C=C/c1c(C)c(C#N)c(=O)n(C(C)(C)C)c1O. The first-order valence-corrected chi connectivity index (χ1v) is 10.4. The van der Waals surface area contributed by atoms with Crippen LogP contribution in [0.5, 0.6) is 5.88 Å². The zero-order valence-electron chi connectivity index (χ0n) is 20.2. The van der Waals surface area contributed by atoms with E-state index in [4.69, 9.17) is 0 Å². The van der Waals surface area contributed by atoms with Crippen LogP contribution < -0.4 is 5.56 Å². The molecule has 1 N–H and O–H groups in total. The topological polar surface area (TPSA) is 127 Å². The normalized spacial score (nSPS) is 16.5. The first-order chi connectivity index (χ1) is 15.1. The van der Waals surface area contributed by atoms with Gasteiger partial charge in [0.25, 0.3) is 17.4 Å². The molecule has 2 rings (SSSR count). The summed E-state index contributed by atoms with van der Waals surface area (Å²) in [5, 5.41) is 29.8. The molecule has 0 bridgehead atoms. The molecule has 2 amide bonds. The van der Waals surface area contributed by atoms with E-state index in [1.165, 1.54) is 25.2 Å². The summed E-state index contributed by atoms with van der Waals surface area (Å²) in [6, 6.07) is 3.79. The van der Waals surface area contributed by atoms with Crippen molar-refractivity contribution in [2.24, 2.45) is 0 Å². The van der Waals surface area contributed by atoms with Gasteiger partial charge in [0, 0.05) is 22.2 Å². The molecule has 0 aliphatic carbocycles.